The Morgan fingerprint density at radius 2 is 1.19 bits per heavy atom. The zero-order valence-electron chi connectivity index (χ0n) is 50.9. The molecule has 0 aromatic carbocycles. The first kappa shape index (κ1) is 75.3. The maximum absolute atomic E-state index is 13.8. The van der Waals surface area contributed by atoms with Crippen molar-refractivity contribution in [3.05, 3.63) is 22.8 Å². The van der Waals surface area contributed by atoms with Crippen LogP contribution < -0.4 is 16.4 Å². The predicted molar refractivity (Wildman–Crippen MR) is 301 cm³/mol. The molecular formula is C59H83N3O27. The van der Waals surface area contributed by atoms with Crippen molar-refractivity contribution in [1.29, 1.82) is 0 Å². The summed E-state index contributed by atoms with van der Waals surface area (Å²) in [7, 11) is 0. The molecule has 1 saturated heterocycles. The molecule has 2 aliphatic carbocycles. The molecule has 0 bridgehead atoms. The van der Waals surface area contributed by atoms with Crippen molar-refractivity contribution in [2.45, 2.75) is 236 Å². The quantitative estimate of drug-likeness (QED) is 0.0138. The molecule has 30 nitrogen and oxygen atoms in total. The first-order valence-electron chi connectivity index (χ1n) is 29.3. The van der Waals surface area contributed by atoms with Crippen LogP contribution in [-0.4, -0.2) is 184 Å². The molecule has 1 saturated carbocycles. The van der Waals surface area contributed by atoms with Crippen molar-refractivity contribution in [2.24, 2.45) is 23.5 Å². The zero-order valence-corrected chi connectivity index (χ0v) is 50.9. The van der Waals surface area contributed by atoms with Crippen LogP contribution in [0.25, 0.3) is 0 Å². The summed E-state index contributed by atoms with van der Waals surface area (Å²) in [4.78, 5) is 190. The molecular weight excluding hydrogens is 1180 g/mol. The van der Waals surface area contributed by atoms with Crippen LogP contribution in [0.4, 0.5) is 0 Å². The number of esters is 5. The highest BCUT2D eigenvalue weighted by Gasteiger charge is 2.76. The molecule has 0 aromatic rings. The molecule has 0 aromatic heterocycles. The van der Waals surface area contributed by atoms with Gasteiger partial charge in [-0.25, -0.2) is 19.2 Å². The van der Waals surface area contributed by atoms with E-state index in [1.165, 1.54) is 26.8 Å². The molecule has 11 N–H and O–H groups in total. The lowest BCUT2D eigenvalue weighted by Crippen LogP contribution is -2.64. The van der Waals surface area contributed by atoms with Gasteiger partial charge in [0.1, 0.15) is 41.1 Å². The molecule has 2 fully saturated rings. The maximum atomic E-state index is 13.8. The average molecular weight is 1270 g/mol. The van der Waals surface area contributed by atoms with E-state index in [4.69, 9.17) is 34.5 Å². The number of carboxylic acids is 5. The van der Waals surface area contributed by atoms with E-state index in [1.807, 2.05) is 6.92 Å². The van der Waals surface area contributed by atoms with Crippen LogP contribution in [0.1, 0.15) is 177 Å². The van der Waals surface area contributed by atoms with Gasteiger partial charge < -0.3 is 75.8 Å². The van der Waals surface area contributed by atoms with Gasteiger partial charge in [0.2, 0.25) is 11.8 Å². The number of carbonyl (C=O) groups is 15. The number of ketones is 3. The third-order valence-electron chi connectivity index (χ3n) is 16.2. The zero-order chi connectivity index (χ0) is 67.5. The van der Waals surface area contributed by atoms with Crippen LogP contribution in [0.2, 0.25) is 0 Å². The molecule has 2 amide bonds. The van der Waals surface area contributed by atoms with Crippen LogP contribution in [0.3, 0.4) is 0 Å². The average Bonchev–Trinajstić information content (AvgIpc) is 1.53. The Morgan fingerprint density at radius 3 is 1.71 bits per heavy atom. The van der Waals surface area contributed by atoms with Crippen molar-refractivity contribution in [3.8, 4) is 0 Å². The molecule has 1 unspecified atom stereocenters. The highest BCUT2D eigenvalue weighted by atomic mass is 16.6. The highest BCUT2D eigenvalue weighted by Crippen LogP contribution is 2.57. The molecule has 89 heavy (non-hydrogen) atoms. The van der Waals surface area contributed by atoms with Crippen molar-refractivity contribution < 1.29 is 131 Å². The summed E-state index contributed by atoms with van der Waals surface area (Å²) in [6.45, 7) is 9.78. The van der Waals surface area contributed by atoms with E-state index >= 15 is 0 Å². The van der Waals surface area contributed by atoms with Gasteiger partial charge in [0.05, 0.1) is 30.2 Å². The number of nitrogens with two attached hydrogens (primary N) is 1. The number of fused-ring (bicyclic) bond motifs is 3. The molecule has 496 valence electrons. The van der Waals surface area contributed by atoms with E-state index in [0.717, 1.165) is 33.1 Å². The molecule has 3 rings (SSSR count). The summed E-state index contributed by atoms with van der Waals surface area (Å²) in [6.07, 6.45) is -10.4. The first-order chi connectivity index (χ1) is 41.4. The molecule has 0 spiro atoms. The minimum Gasteiger partial charge on any atom is -0.481 e. The van der Waals surface area contributed by atoms with Gasteiger partial charge >= 0.3 is 59.7 Å². The van der Waals surface area contributed by atoms with Gasteiger partial charge in [-0.15, -0.1) is 0 Å². The second-order valence-electron chi connectivity index (χ2n) is 23.1. The van der Waals surface area contributed by atoms with Crippen molar-refractivity contribution in [2.75, 3.05) is 0 Å². The molecule has 0 radical (unpaired) electrons. The Labute approximate surface area is 511 Å². The predicted octanol–water partition coefficient (Wildman–Crippen LogP) is 1.86. The number of Topliss-reactive ketones (excluding diaryl/α,β-unsaturated/α-hetero) is 3. The van der Waals surface area contributed by atoms with E-state index in [9.17, 15) is 103 Å². The topological polar surface area (TPSA) is 494 Å². The van der Waals surface area contributed by atoms with Crippen molar-refractivity contribution >= 4 is 88.9 Å². The van der Waals surface area contributed by atoms with E-state index in [1.54, 1.807) is 6.92 Å². The standard InChI is InChI=1S/C59H83N3O27/c1-8-10-11-12-13-14-43(70)86-48-46-45(30(4)47(48)87-55(81)29(3)9-2)49-59(84,58(7,83)56(82)88-49)40(28-57(46,6)89-31(5)63)85-44(71)24-19-36(66)27-37(60)50(72)62-39(54(79)80)21-18-35(65)25-32(51(73)74)15-22-41(67)61-38(53(77)78)20-17-34(64)26-33(52(75)76)16-23-42(68)69/h9,32-33,37-40,46-49,83-84H,8,10-28,60H2,1-7H3,(H,61,67)(H,62,72)(H,68,69)(H,73,74)(H,75,76)(H,77,78)(H,79,80)/b29-9-/t32-,33-,37?,38+,39+,40+,46-,47+,48+,49+,57+,58-,59-/m1/s1. The number of aliphatic hydroxyl groups is 2. The number of carbonyl (C=O) groups excluding carboxylic acids is 10. The monoisotopic (exact) mass is 1270 g/mol. The van der Waals surface area contributed by atoms with Gasteiger partial charge in [0, 0.05) is 76.7 Å². The fourth-order valence-electron chi connectivity index (χ4n) is 11.0. The largest absolute Gasteiger partial charge is 0.481 e. The SMILES string of the molecule is C/C=C(/C)C(=O)O[C@H]1C(C)=C2[C@H]([C@@H]1OC(=O)CCCCCCC)[C@@](C)(OC(C)=O)C[C@H](OC(=O)CCC(=O)CC(N)C(=O)N[C@@H](CCC(=O)C[C@@H](CCC(=O)N[C@@H](CCC(=O)C[C@@H](CCC(=O)O)C(=O)O)C(=O)O)C(=O)O)C(=O)O)[C@@]1(O)[C@H]2OC(=O)[C@@]1(C)O. The minimum absolute atomic E-state index is 0.0745. The van der Waals surface area contributed by atoms with Crippen LogP contribution >= 0.6 is 0 Å². The number of carboxylic acid groups (broad SMARTS) is 5. The summed E-state index contributed by atoms with van der Waals surface area (Å²) in [5, 5.41) is 76.2. The third-order valence-corrected chi connectivity index (χ3v) is 16.2. The van der Waals surface area contributed by atoms with Crippen molar-refractivity contribution in [3.63, 3.8) is 0 Å². The fraction of sp³-hybridized carbons (Fsp3) is 0.678. The number of unbranched alkanes of at least 4 members (excludes halogenated alkanes) is 4. The van der Waals surface area contributed by atoms with Crippen molar-refractivity contribution in [1.82, 2.24) is 10.6 Å². The second kappa shape index (κ2) is 33.6. The lowest BCUT2D eigenvalue weighted by molar-refractivity contribution is -0.212. The smallest absolute Gasteiger partial charge is 0.341 e. The van der Waals surface area contributed by atoms with Gasteiger partial charge in [0.15, 0.2) is 29.5 Å². The van der Waals surface area contributed by atoms with Crippen LogP contribution in [-0.2, 0) is 95.6 Å². The van der Waals surface area contributed by atoms with Crippen LogP contribution in [0.5, 0.6) is 0 Å². The molecule has 1 heterocycles. The Balaban J connectivity index is 1.70. The Bertz CT molecular complexity index is 2790. The fourth-order valence-corrected chi connectivity index (χ4v) is 11.0. The molecule has 13 atom stereocenters. The normalized spacial score (nSPS) is 24.5. The summed E-state index contributed by atoms with van der Waals surface area (Å²) < 4.78 is 29.4. The number of ether oxygens (including phenoxy) is 5. The third kappa shape index (κ3) is 20.8. The summed E-state index contributed by atoms with van der Waals surface area (Å²) >= 11 is 0. The van der Waals surface area contributed by atoms with Gasteiger partial charge in [0.25, 0.3) is 0 Å². The van der Waals surface area contributed by atoms with Gasteiger partial charge in [-0.3, -0.25) is 52.7 Å². The summed E-state index contributed by atoms with van der Waals surface area (Å²) in [6, 6.07) is -5.25. The maximum Gasteiger partial charge on any atom is 0.341 e. The van der Waals surface area contributed by atoms with Gasteiger partial charge in [-0.05, 0) is 77.9 Å². The van der Waals surface area contributed by atoms with Crippen LogP contribution in [0, 0.1) is 17.8 Å². The minimum atomic E-state index is -2.93. The Morgan fingerprint density at radius 1 is 0.663 bits per heavy atom. The van der Waals surface area contributed by atoms with Gasteiger partial charge in [-0.2, -0.15) is 0 Å². The number of aliphatic carboxylic acids is 5. The van der Waals surface area contributed by atoms with E-state index in [-0.39, 0.29) is 29.6 Å². The first-order valence-corrected chi connectivity index (χ1v) is 29.3. The van der Waals surface area contributed by atoms with Gasteiger partial charge in [-0.1, -0.05) is 38.7 Å². The number of amides is 2. The Hall–Kier alpha value is -7.99. The molecule has 3 aliphatic rings. The van der Waals surface area contributed by atoms with E-state index in [0.29, 0.717) is 12.8 Å². The summed E-state index contributed by atoms with van der Waals surface area (Å²) in [5.41, 5.74) is -1.69. The van der Waals surface area contributed by atoms with E-state index in [2.05, 4.69) is 10.6 Å². The van der Waals surface area contributed by atoms with E-state index < -0.39 is 249 Å². The second-order valence-corrected chi connectivity index (χ2v) is 23.1. The highest BCUT2D eigenvalue weighted by molar-refractivity contribution is 5.93. The number of allylic oxidation sites excluding steroid dienone is 1. The number of hydrogen-bond acceptors (Lipinski definition) is 23. The Kier molecular flexibility index (Phi) is 28.4. The number of nitrogens with one attached hydrogen (secondary N) is 2. The molecule has 30 heteroatoms. The lowest BCUT2D eigenvalue weighted by Gasteiger charge is -2.41. The lowest BCUT2D eigenvalue weighted by atomic mass is 9.75. The number of rotatable bonds is 39. The number of hydrogen-bond donors (Lipinski definition) is 10. The van der Waals surface area contributed by atoms with Crippen LogP contribution in [0.15, 0.2) is 22.8 Å². The molecule has 1 aliphatic heterocycles. The summed E-state index contributed by atoms with van der Waals surface area (Å²) in [5.74, 6) is -21.6.